The van der Waals surface area contributed by atoms with Crippen LogP contribution in [0.15, 0.2) is 18.2 Å². The summed E-state index contributed by atoms with van der Waals surface area (Å²) in [5, 5.41) is 0. The van der Waals surface area contributed by atoms with Crippen molar-refractivity contribution in [3.63, 3.8) is 0 Å². The fraction of sp³-hybridized carbons (Fsp3) is 0.600. The van der Waals surface area contributed by atoms with Crippen LogP contribution in [0.4, 0.5) is 18.9 Å². The van der Waals surface area contributed by atoms with Gasteiger partial charge in [-0.15, -0.1) is 0 Å². The minimum absolute atomic E-state index is 0.101. The molecule has 0 amide bonds. The normalized spacial score (nSPS) is 17.6. The second-order valence-corrected chi connectivity index (χ2v) is 5.66. The molecule has 0 aliphatic carbocycles. The largest absolute Gasteiger partial charge is 0.416 e. The molecule has 118 valence electrons. The third kappa shape index (κ3) is 3.68. The summed E-state index contributed by atoms with van der Waals surface area (Å²) in [6, 6.07) is 4.93. The molecule has 21 heavy (non-hydrogen) atoms. The van der Waals surface area contributed by atoms with E-state index in [4.69, 9.17) is 5.73 Å². The molecule has 6 heteroatoms. The van der Waals surface area contributed by atoms with Crippen LogP contribution in [-0.2, 0) is 12.7 Å². The van der Waals surface area contributed by atoms with Gasteiger partial charge in [0.1, 0.15) is 0 Å². The summed E-state index contributed by atoms with van der Waals surface area (Å²) in [5.41, 5.74) is 5.56. The molecule has 1 aliphatic heterocycles. The van der Waals surface area contributed by atoms with E-state index in [1.165, 1.54) is 12.1 Å². The maximum atomic E-state index is 13.1. The third-order valence-electron chi connectivity index (χ3n) is 4.03. The van der Waals surface area contributed by atoms with Crippen molar-refractivity contribution in [2.24, 2.45) is 5.73 Å². The van der Waals surface area contributed by atoms with Gasteiger partial charge in [-0.05, 0) is 31.5 Å². The molecular weight excluding hydrogens is 279 g/mol. The van der Waals surface area contributed by atoms with E-state index in [1.807, 2.05) is 4.90 Å². The van der Waals surface area contributed by atoms with Gasteiger partial charge in [0.15, 0.2) is 0 Å². The molecule has 2 rings (SSSR count). The highest BCUT2D eigenvalue weighted by atomic mass is 19.4. The number of anilines is 1. The average molecular weight is 301 g/mol. The van der Waals surface area contributed by atoms with Crippen LogP contribution in [-0.4, -0.2) is 37.1 Å². The molecule has 2 N–H and O–H groups in total. The summed E-state index contributed by atoms with van der Waals surface area (Å²) in [7, 11) is 0. The Morgan fingerprint density at radius 1 is 1.14 bits per heavy atom. The van der Waals surface area contributed by atoms with E-state index in [0.29, 0.717) is 11.7 Å². The van der Waals surface area contributed by atoms with Crippen LogP contribution >= 0.6 is 0 Å². The molecule has 1 aliphatic rings. The van der Waals surface area contributed by atoms with Crippen LogP contribution < -0.4 is 10.6 Å². The Kier molecular flexibility index (Phi) is 4.78. The van der Waals surface area contributed by atoms with Crippen LogP contribution in [0.5, 0.6) is 0 Å². The van der Waals surface area contributed by atoms with E-state index in [9.17, 15) is 13.2 Å². The lowest BCUT2D eigenvalue weighted by Crippen LogP contribution is -2.48. The number of hydrogen-bond donors (Lipinski definition) is 1. The Morgan fingerprint density at radius 3 is 2.24 bits per heavy atom. The van der Waals surface area contributed by atoms with E-state index in [0.717, 1.165) is 26.2 Å². The number of benzene rings is 1. The minimum atomic E-state index is -4.36. The van der Waals surface area contributed by atoms with Crippen LogP contribution in [0.1, 0.15) is 25.0 Å². The summed E-state index contributed by atoms with van der Waals surface area (Å²) in [6.45, 7) is 7.40. The summed E-state index contributed by atoms with van der Waals surface area (Å²) in [5.74, 6) is 0. The molecule has 0 atom stereocenters. The second kappa shape index (κ2) is 6.23. The number of hydrogen-bond acceptors (Lipinski definition) is 3. The van der Waals surface area contributed by atoms with E-state index < -0.39 is 11.7 Å². The van der Waals surface area contributed by atoms with E-state index in [-0.39, 0.29) is 12.1 Å². The van der Waals surface area contributed by atoms with Crippen molar-refractivity contribution < 1.29 is 13.2 Å². The third-order valence-corrected chi connectivity index (χ3v) is 4.03. The lowest BCUT2D eigenvalue weighted by molar-refractivity contribution is -0.138. The second-order valence-electron chi connectivity index (χ2n) is 5.66. The Hall–Kier alpha value is -1.27. The number of rotatable bonds is 3. The zero-order valence-electron chi connectivity index (χ0n) is 12.5. The monoisotopic (exact) mass is 301 g/mol. The maximum Gasteiger partial charge on any atom is 0.416 e. The number of piperazine rings is 1. The van der Waals surface area contributed by atoms with Gasteiger partial charge < -0.3 is 10.6 Å². The van der Waals surface area contributed by atoms with Gasteiger partial charge in [0.25, 0.3) is 0 Å². The van der Waals surface area contributed by atoms with Crippen molar-refractivity contribution in [1.29, 1.82) is 0 Å². The molecule has 3 nitrogen and oxygen atoms in total. The van der Waals surface area contributed by atoms with Gasteiger partial charge in [0.2, 0.25) is 0 Å². The molecule has 1 saturated heterocycles. The van der Waals surface area contributed by atoms with Gasteiger partial charge in [-0.1, -0.05) is 6.07 Å². The first kappa shape index (κ1) is 16.1. The van der Waals surface area contributed by atoms with Crippen molar-refractivity contribution in [2.75, 3.05) is 31.1 Å². The molecule has 0 saturated carbocycles. The molecule has 0 spiro atoms. The highest BCUT2D eigenvalue weighted by molar-refractivity contribution is 5.52. The van der Waals surface area contributed by atoms with E-state index >= 15 is 0 Å². The summed E-state index contributed by atoms with van der Waals surface area (Å²) in [4.78, 5) is 4.34. The lowest BCUT2D eigenvalue weighted by atomic mass is 10.1. The smallest absolute Gasteiger partial charge is 0.369 e. The fourth-order valence-electron chi connectivity index (χ4n) is 2.70. The Morgan fingerprint density at radius 2 is 1.76 bits per heavy atom. The molecule has 0 unspecified atom stereocenters. The quantitative estimate of drug-likeness (QED) is 0.931. The van der Waals surface area contributed by atoms with Crippen LogP contribution in [0.2, 0.25) is 0 Å². The standard InChI is InChI=1S/C15H22F3N3/c1-11(2)20-5-7-21(8-6-20)13-4-3-12(10-19)14(9-13)15(16,17)18/h3-4,9,11H,5-8,10,19H2,1-2H3. The number of nitrogens with two attached hydrogens (primary N) is 1. The number of halogens is 3. The van der Waals surface area contributed by atoms with Crippen molar-refractivity contribution in [3.8, 4) is 0 Å². The number of alkyl halides is 3. The molecule has 0 radical (unpaired) electrons. The van der Waals surface area contributed by atoms with Crippen molar-refractivity contribution >= 4 is 5.69 Å². The van der Waals surface area contributed by atoms with Gasteiger partial charge in [0, 0.05) is 44.5 Å². The Balaban J connectivity index is 2.18. The average Bonchev–Trinajstić information content (AvgIpc) is 2.45. The van der Waals surface area contributed by atoms with E-state index in [2.05, 4.69) is 18.7 Å². The predicted molar refractivity (Wildman–Crippen MR) is 78.3 cm³/mol. The maximum absolute atomic E-state index is 13.1. The summed E-state index contributed by atoms with van der Waals surface area (Å²) in [6.07, 6.45) is -4.36. The van der Waals surface area contributed by atoms with Crippen LogP contribution in [0.25, 0.3) is 0 Å². The molecule has 0 bridgehead atoms. The lowest BCUT2D eigenvalue weighted by Gasteiger charge is -2.38. The van der Waals surface area contributed by atoms with Gasteiger partial charge in [0.05, 0.1) is 5.56 Å². The Labute approximate surface area is 123 Å². The van der Waals surface area contributed by atoms with Crippen molar-refractivity contribution in [3.05, 3.63) is 29.3 Å². The summed E-state index contributed by atoms with van der Waals surface area (Å²) >= 11 is 0. The SMILES string of the molecule is CC(C)N1CCN(c2ccc(CN)c(C(F)(F)F)c2)CC1. The van der Waals surface area contributed by atoms with Gasteiger partial charge in [-0.25, -0.2) is 0 Å². The van der Waals surface area contributed by atoms with Crippen molar-refractivity contribution in [2.45, 2.75) is 32.6 Å². The first-order valence-corrected chi connectivity index (χ1v) is 7.22. The molecule has 1 heterocycles. The predicted octanol–water partition coefficient (Wildman–Crippen LogP) is 2.69. The fourth-order valence-corrected chi connectivity index (χ4v) is 2.70. The first-order chi connectivity index (χ1) is 9.82. The van der Waals surface area contributed by atoms with Crippen LogP contribution in [0, 0.1) is 0 Å². The van der Waals surface area contributed by atoms with Gasteiger partial charge in [-0.3, -0.25) is 4.90 Å². The number of nitrogens with zero attached hydrogens (tertiary/aromatic N) is 2. The first-order valence-electron chi connectivity index (χ1n) is 7.22. The molecular formula is C15H22F3N3. The van der Waals surface area contributed by atoms with Crippen molar-refractivity contribution in [1.82, 2.24) is 4.90 Å². The van der Waals surface area contributed by atoms with Gasteiger partial charge >= 0.3 is 6.18 Å². The minimum Gasteiger partial charge on any atom is -0.369 e. The Bertz CT molecular complexity index is 478. The summed E-state index contributed by atoms with van der Waals surface area (Å²) < 4.78 is 39.2. The van der Waals surface area contributed by atoms with Crippen LogP contribution in [0.3, 0.4) is 0 Å². The molecule has 0 aromatic heterocycles. The van der Waals surface area contributed by atoms with E-state index in [1.54, 1.807) is 6.07 Å². The molecule has 1 aromatic rings. The molecule has 1 fully saturated rings. The topological polar surface area (TPSA) is 32.5 Å². The highest BCUT2D eigenvalue weighted by Gasteiger charge is 2.33. The molecule has 1 aromatic carbocycles. The zero-order valence-corrected chi connectivity index (χ0v) is 12.5. The van der Waals surface area contributed by atoms with Gasteiger partial charge in [-0.2, -0.15) is 13.2 Å². The zero-order chi connectivity index (χ0) is 15.6. The highest BCUT2D eigenvalue weighted by Crippen LogP contribution is 2.34.